The Morgan fingerprint density at radius 2 is 1.93 bits per heavy atom. The molecule has 0 saturated heterocycles. The van der Waals surface area contributed by atoms with Crippen LogP contribution in [-0.4, -0.2) is 0 Å². The van der Waals surface area contributed by atoms with Crippen molar-refractivity contribution < 1.29 is 57.6 Å². The Kier molecular flexibility index (Phi) is 4.34. The zero-order valence-electron chi connectivity index (χ0n) is 9.11. The maximum Gasteiger partial charge on any atom is 1.00 e. The van der Waals surface area contributed by atoms with Gasteiger partial charge in [0.05, 0.1) is 0 Å². The van der Waals surface area contributed by atoms with E-state index in [2.05, 4.69) is 5.48 Å². The van der Waals surface area contributed by atoms with Gasteiger partial charge >= 0.3 is 51.4 Å². The first-order chi connectivity index (χ1) is 6.86. The van der Waals surface area contributed by atoms with E-state index in [1.54, 1.807) is 12.1 Å². The molecule has 0 aromatic heterocycles. The zero-order valence-corrected chi connectivity index (χ0v) is 11.2. The molecule has 0 unspecified atom stereocenters. The summed E-state index contributed by atoms with van der Waals surface area (Å²) in [6.45, 7) is 0. The number of nitrogens with zero attached hydrogens (tertiary/aromatic N) is 2. The maximum atomic E-state index is 8.69. The molecule has 1 aromatic rings. The number of allylic oxidation sites excluding steroid dienone is 1. The molecule has 1 aromatic carbocycles. The van der Waals surface area contributed by atoms with Crippen LogP contribution in [0.25, 0.3) is 5.70 Å². The molecule has 68 valence electrons. The van der Waals surface area contributed by atoms with Gasteiger partial charge in [0, 0.05) is 5.56 Å². The summed E-state index contributed by atoms with van der Waals surface area (Å²) in [5.41, 5.74) is 3.76. The maximum absolute atomic E-state index is 8.69. The quantitative estimate of drug-likeness (QED) is 0.427. The molecule has 0 atom stereocenters. The van der Waals surface area contributed by atoms with Crippen LogP contribution in [-0.2, 0) is 0 Å². The van der Waals surface area contributed by atoms with Crippen molar-refractivity contribution in [3.05, 3.63) is 35.4 Å². The third kappa shape index (κ3) is 2.23. The first-order valence-corrected chi connectivity index (χ1v) is 3.93. The predicted octanol–water partition coefficient (Wildman–Crippen LogP) is -1.54. The van der Waals surface area contributed by atoms with Gasteiger partial charge in [-0.2, -0.15) is 10.5 Å². The van der Waals surface area contributed by atoms with E-state index < -0.39 is 0 Å². The van der Waals surface area contributed by atoms with Crippen LogP contribution in [0.15, 0.2) is 29.8 Å². The van der Waals surface area contributed by atoms with Gasteiger partial charge in [-0.3, -0.25) is 0 Å². The van der Waals surface area contributed by atoms with Crippen molar-refractivity contribution in [2.75, 3.05) is 0 Å². The predicted molar refractivity (Wildman–Crippen MR) is 49.5 cm³/mol. The van der Waals surface area contributed by atoms with Gasteiger partial charge in [0.1, 0.15) is 17.8 Å². The summed E-state index contributed by atoms with van der Waals surface area (Å²) in [4.78, 5) is 5.09. The van der Waals surface area contributed by atoms with Gasteiger partial charge in [-0.15, -0.1) is 0 Å². The largest absolute Gasteiger partial charge is 1.00 e. The fraction of sp³-hybridized carbons (Fsp3) is 0. The van der Waals surface area contributed by atoms with Crippen LogP contribution in [0.4, 0.5) is 0 Å². The molecule has 1 aliphatic rings. The average Bonchev–Trinajstić information content (AvgIpc) is 2.65. The Bertz CT molecular complexity index is 486. The molecular formula is C10H6KN3O. The molecule has 0 amide bonds. The van der Waals surface area contributed by atoms with E-state index in [0.717, 1.165) is 5.56 Å². The molecular weight excluding hydrogens is 217 g/mol. The molecule has 1 aliphatic heterocycles. The van der Waals surface area contributed by atoms with E-state index in [-0.39, 0.29) is 58.4 Å². The molecule has 0 bridgehead atoms. The summed E-state index contributed by atoms with van der Waals surface area (Å²) in [6, 6.07) is 10.8. The van der Waals surface area contributed by atoms with Gasteiger partial charge in [0.25, 0.3) is 0 Å². The van der Waals surface area contributed by atoms with Crippen molar-refractivity contribution >= 4 is 5.70 Å². The second-order valence-corrected chi connectivity index (χ2v) is 2.67. The van der Waals surface area contributed by atoms with E-state index in [4.69, 9.17) is 15.4 Å². The molecule has 0 radical (unpaired) electrons. The molecule has 1 heterocycles. The minimum Gasteiger partial charge on any atom is -1.00 e. The number of hydrogen-bond donors (Lipinski definition) is 1. The van der Waals surface area contributed by atoms with Crippen molar-refractivity contribution in [1.29, 1.82) is 10.5 Å². The number of rotatable bonds is 0. The number of hydroxylamine groups is 1. The minimum atomic E-state index is 0. The number of nitriles is 2. The number of benzene rings is 1. The third-order valence-electron chi connectivity index (χ3n) is 1.89. The molecule has 15 heavy (non-hydrogen) atoms. The number of nitrogens with one attached hydrogen (secondary N) is 1. The number of para-hydroxylation sites is 1. The molecule has 5 heteroatoms. The molecule has 0 fully saturated rings. The van der Waals surface area contributed by atoms with E-state index >= 15 is 0 Å². The van der Waals surface area contributed by atoms with Crippen molar-refractivity contribution in [2.45, 2.75) is 0 Å². The Morgan fingerprint density at radius 1 is 1.27 bits per heavy atom. The minimum absolute atomic E-state index is 0. The Hall–Kier alpha value is -0.824. The normalized spacial score (nSPS) is 10.9. The summed E-state index contributed by atoms with van der Waals surface area (Å²) < 4.78 is 0. The van der Waals surface area contributed by atoms with Crippen molar-refractivity contribution in [3.63, 3.8) is 0 Å². The molecule has 2 rings (SSSR count). The fourth-order valence-corrected chi connectivity index (χ4v) is 1.25. The molecule has 4 nitrogen and oxygen atoms in total. The molecule has 1 N–H and O–H groups in total. The van der Waals surface area contributed by atoms with E-state index in [9.17, 15) is 0 Å². The SMILES string of the molecule is N#CC(C#N)=C1NOc2ccccc21.[H-].[K+]. The van der Waals surface area contributed by atoms with Crippen LogP contribution in [0.3, 0.4) is 0 Å². The van der Waals surface area contributed by atoms with Crippen molar-refractivity contribution in [2.24, 2.45) is 0 Å². The van der Waals surface area contributed by atoms with Crippen LogP contribution < -0.4 is 61.7 Å². The molecule has 0 aliphatic carbocycles. The van der Waals surface area contributed by atoms with Crippen LogP contribution >= 0.6 is 0 Å². The zero-order chi connectivity index (χ0) is 9.97. The summed E-state index contributed by atoms with van der Waals surface area (Å²) >= 11 is 0. The standard InChI is InChI=1S/C10H5N3O.K.H/c11-5-7(6-12)10-8-3-1-2-4-9(8)14-13-10;;/h1-4,13H;;/q;+1;-1. The van der Waals surface area contributed by atoms with E-state index in [1.165, 1.54) is 0 Å². The Balaban J connectivity index is 0.00000112. The van der Waals surface area contributed by atoms with Crippen LogP contribution in [0.1, 0.15) is 6.99 Å². The molecule has 0 saturated carbocycles. The van der Waals surface area contributed by atoms with E-state index in [1.807, 2.05) is 24.3 Å². The topological polar surface area (TPSA) is 68.8 Å². The first kappa shape index (κ1) is 12.2. The smallest absolute Gasteiger partial charge is 1.00 e. The van der Waals surface area contributed by atoms with Crippen molar-refractivity contribution in [3.8, 4) is 17.9 Å². The number of fused-ring (bicyclic) bond motifs is 1. The second kappa shape index (κ2) is 5.31. The van der Waals surface area contributed by atoms with Gasteiger partial charge in [-0.1, -0.05) is 12.1 Å². The number of hydrogen-bond acceptors (Lipinski definition) is 4. The summed E-state index contributed by atoms with van der Waals surface area (Å²) in [6.07, 6.45) is 0. The van der Waals surface area contributed by atoms with Gasteiger partial charge in [0.2, 0.25) is 0 Å². The molecule has 0 spiro atoms. The first-order valence-electron chi connectivity index (χ1n) is 3.93. The Labute approximate surface area is 131 Å². The average molecular weight is 223 g/mol. The van der Waals surface area contributed by atoms with Crippen LogP contribution in [0.2, 0.25) is 0 Å². The fourth-order valence-electron chi connectivity index (χ4n) is 1.25. The van der Waals surface area contributed by atoms with Gasteiger partial charge in [-0.25, -0.2) is 5.48 Å². The summed E-state index contributed by atoms with van der Waals surface area (Å²) in [5.74, 6) is 0.630. The van der Waals surface area contributed by atoms with Crippen molar-refractivity contribution in [1.82, 2.24) is 5.48 Å². The second-order valence-electron chi connectivity index (χ2n) is 2.67. The van der Waals surface area contributed by atoms with Gasteiger partial charge < -0.3 is 6.26 Å². The summed E-state index contributed by atoms with van der Waals surface area (Å²) in [5, 5.41) is 17.4. The monoisotopic (exact) mass is 223 g/mol. The van der Waals surface area contributed by atoms with Gasteiger partial charge in [0.15, 0.2) is 11.3 Å². The van der Waals surface area contributed by atoms with Crippen LogP contribution in [0, 0.1) is 22.7 Å². The van der Waals surface area contributed by atoms with E-state index in [0.29, 0.717) is 11.4 Å². The van der Waals surface area contributed by atoms with Crippen LogP contribution in [0.5, 0.6) is 5.75 Å². The summed E-state index contributed by atoms with van der Waals surface area (Å²) in [7, 11) is 0. The third-order valence-corrected chi connectivity index (χ3v) is 1.89. The Morgan fingerprint density at radius 3 is 2.60 bits per heavy atom. The van der Waals surface area contributed by atoms with Gasteiger partial charge in [-0.05, 0) is 12.1 Å².